The molecule has 0 radical (unpaired) electrons. The fourth-order valence-electron chi connectivity index (χ4n) is 1.66. The second kappa shape index (κ2) is 5.45. The van der Waals surface area contributed by atoms with Gasteiger partial charge in [0.15, 0.2) is 5.78 Å². The van der Waals surface area contributed by atoms with Gasteiger partial charge in [-0.1, -0.05) is 31.2 Å². The zero-order valence-corrected chi connectivity index (χ0v) is 9.82. The van der Waals surface area contributed by atoms with Crippen LogP contribution in [0.2, 0.25) is 0 Å². The number of ketones is 1. The summed E-state index contributed by atoms with van der Waals surface area (Å²) >= 11 is 0. The molecule has 0 N–H and O–H groups in total. The Bertz CT molecular complexity index is 396. The topological polar surface area (TPSA) is 43.4 Å². The Morgan fingerprint density at radius 1 is 1.31 bits per heavy atom. The van der Waals surface area contributed by atoms with Crippen LogP contribution in [0.4, 0.5) is 0 Å². The standard InChI is InChI=1S/C13H16O3/c1-9(13(15)16-3)8-11-6-4-5-7-12(11)10(2)14/h4-7,9H,8H2,1-3H3. The van der Waals surface area contributed by atoms with E-state index in [1.165, 1.54) is 14.0 Å². The molecule has 0 bridgehead atoms. The minimum atomic E-state index is -0.252. The van der Waals surface area contributed by atoms with Crippen molar-refractivity contribution in [1.29, 1.82) is 0 Å². The number of Topliss-reactive ketones (excluding diaryl/α,β-unsaturated/α-hetero) is 1. The van der Waals surface area contributed by atoms with E-state index in [9.17, 15) is 9.59 Å². The summed E-state index contributed by atoms with van der Waals surface area (Å²) in [6.07, 6.45) is 0.530. The van der Waals surface area contributed by atoms with Gasteiger partial charge in [0.25, 0.3) is 0 Å². The molecule has 1 aromatic rings. The number of esters is 1. The van der Waals surface area contributed by atoms with Crippen LogP contribution < -0.4 is 0 Å². The van der Waals surface area contributed by atoms with Gasteiger partial charge in [-0.3, -0.25) is 9.59 Å². The highest BCUT2D eigenvalue weighted by molar-refractivity contribution is 5.95. The smallest absolute Gasteiger partial charge is 0.308 e. The Morgan fingerprint density at radius 3 is 2.50 bits per heavy atom. The van der Waals surface area contributed by atoms with Crippen molar-refractivity contribution in [2.45, 2.75) is 20.3 Å². The van der Waals surface area contributed by atoms with E-state index in [-0.39, 0.29) is 17.7 Å². The molecule has 16 heavy (non-hydrogen) atoms. The Labute approximate surface area is 95.4 Å². The number of rotatable bonds is 4. The van der Waals surface area contributed by atoms with Gasteiger partial charge in [0, 0.05) is 5.56 Å². The van der Waals surface area contributed by atoms with Gasteiger partial charge in [-0.15, -0.1) is 0 Å². The maximum atomic E-state index is 11.4. The largest absolute Gasteiger partial charge is 0.469 e. The molecule has 0 amide bonds. The van der Waals surface area contributed by atoms with Crippen molar-refractivity contribution >= 4 is 11.8 Å². The molecule has 1 atom stereocenters. The highest BCUT2D eigenvalue weighted by Gasteiger charge is 2.16. The summed E-state index contributed by atoms with van der Waals surface area (Å²) in [6, 6.07) is 7.34. The van der Waals surface area contributed by atoms with Crippen molar-refractivity contribution in [3.63, 3.8) is 0 Å². The minimum absolute atomic E-state index is 0.0210. The average Bonchev–Trinajstić information content (AvgIpc) is 2.28. The van der Waals surface area contributed by atoms with Gasteiger partial charge >= 0.3 is 5.97 Å². The lowest BCUT2D eigenvalue weighted by molar-refractivity contribution is -0.144. The first-order valence-electron chi connectivity index (χ1n) is 5.23. The third kappa shape index (κ3) is 2.92. The maximum absolute atomic E-state index is 11.4. The summed E-state index contributed by atoms with van der Waals surface area (Å²) in [4.78, 5) is 22.7. The van der Waals surface area contributed by atoms with Crippen molar-refractivity contribution in [1.82, 2.24) is 0 Å². The second-order valence-electron chi connectivity index (χ2n) is 3.84. The third-order valence-corrected chi connectivity index (χ3v) is 2.53. The lowest BCUT2D eigenvalue weighted by atomic mass is 9.95. The molecule has 1 rings (SSSR count). The first kappa shape index (κ1) is 12.4. The SMILES string of the molecule is COC(=O)C(C)Cc1ccccc1C(C)=O. The van der Waals surface area contributed by atoms with E-state index in [4.69, 9.17) is 0 Å². The van der Waals surface area contributed by atoms with Crippen LogP contribution in [0.25, 0.3) is 0 Å². The van der Waals surface area contributed by atoms with Crippen LogP contribution in [-0.4, -0.2) is 18.9 Å². The summed E-state index contributed by atoms with van der Waals surface area (Å²) in [6.45, 7) is 3.32. The summed E-state index contributed by atoms with van der Waals surface area (Å²) in [5.74, 6) is -0.462. The van der Waals surface area contributed by atoms with Gasteiger partial charge in [-0.2, -0.15) is 0 Å². The molecule has 3 heteroatoms. The highest BCUT2D eigenvalue weighted by Crippen LogP contribution is 2.15. The van der Waals surface area contributed by atoms with Crippen LogP contribution in [-0.2, 0) is 16.0 Å². The van der Waals surface area contributed by atoms with Crippen molar-refractivity contribution in [3.05, 3.63) is 35.4 Å². The van der Waals surface area contributed by atoms with Crippen molar-refractivity contribution in [3.8, 4) is 0 Å². The summed E-state index contributed by atoms with van der Waals surface area (Å²) in [7, 11) is 1.37. The number of hydrogen-bond acceptors (Lipinski definition) is 3. The first-order valence-corrected chi connectivity index (χ1v) is 5.23. The van der Waals surface area contributed by atoms with Gasteiger partial charge in [-0.05, 0) is 18.9 Å². The van der Waals surface area contributed by atoms with Gasteiger partial charge in [0.1, 0.15) is 0 Å². The number of carbonyl (C=O) groups is 2. The van der Waals surface area contributed by atoms with Crippen LogP contribution in [0, 0.1) is 5.92 Å². The normalized spacial score (nSPS) is 11.9. The Kier molecular flexibility index (Phi) is 4.23. The molecular weight excluding hydrogens is 204 g/mol. The number of carbonyl (C=O) groups excluding carboxylic acids is 2. The minimum Gasteiger partial charge on any atom is -0.469 e. The molecule has 1 aromatic carbocycles. The van der Waals surface area contributed by atoms with Crippen molar-refractivity contribution in [2.24, 2.45) is 5.92 Å². The molecule has 86 valence electrons. The Hall–Kier alpha value is -1.64. The third-order valence-electron chi connectivity index (χ3n) is 2.53. The van der Waals surface area contributed by atoms with Crippen LogP contribution in [0.15, 0.2) is 24.3 Å². The fraction of sp³-hybridized carbons (Fsp3) is 0.385. The van der Waals surface area contributed by atoms with Crippen LogP contribution in [0.1, 0.15) is 29.8 Å². The first-order chi connectivity index (χ1) is 7.56. The van der Waals surface area contributed by atoms with Crippen molar-refractivity contribution in [2.75, 3.05) is 7.11 Å². The zero-order valence-electron chi connectivity index (χ0n) is 9.82. The van der Waals surface area contributed by atoms with E-state index in [0.717, 1.165) is 5.56 Å². The molecular formula is C13H16O3. The molecule has 0 aliphatic carbocycles. The molecule has 0 aromatic heterocycles. The summed E-state index contributed by atoms with van der Waals surface area (Å²) < 4.78 is 4.66. The Morgan fingerprint density at radius 2 is 1.94 bits per heavy atom. The van der Waals surface area contributed by atoms with E-state index in [2.05, 4.69) is 4.74 Å². The number of benzene rings is 1. The van der Waals surface area contributed by atoms with E-state index in [1.54, 1.807) is 13.0 Å². The van der Waals surface area contributed by atoms with E-state index in [0.29, 0.717) is 12.0 Å². The number of methoxy groups -OCH3 is 1. The lowest BCUT2D eigenvalue weighted by Crippen LogP contribution is -2.16. The van der Waals surface area contributed by atoms with Gasteiger partial charge in [0.2, 0.25) is 0 Å². The van der Waals surface area contributed by atoms with Gasteiger partial charge in [0.05, 0.1) is 13.0 Å². The zero-order chi connectivity index (χ0) is 12.1. The van der Waals surface area contributed by atoms with Crippen LogP contribution in [0.3, 0.4) is 0 Å². The number of ether oxygens (including phenoxy) is 1. The molecule has 3 nitrogen and oxygen atoms in total. The Balaban J connectivity index is 2.88. The second-order valence-corrected chi connectivity index (χ2v) is 3.84. The van der Waals surface area contributed by atoms with E-state index >= 15 is 0 Å². The molecule has 1 unspecified atom stereocenters. The van der Waals surface area contributed by atoms with E-state index < -0.39 is 0 Å². The fourth-order valence-corrected chi connectivity index (χ4v) is 1.66. The average molecular weight is 220 g/mol. The van der Waals surface area contributed by atoms with E-state index in [1.807, 2.05) is 18.2 Å². The van der Waals surface area contributed by atoms with Gasteiger partial charge in [-0.25, -0.2) is 0 Å². The number of hydrogen-bond donors (Lipinski definition) is 0. The van der Waals surface area contributed by atoms with Crippen LogP contribution >= 0.6 is 0 Å². The quantitative estimate of drug-likeness (QED) is 0.577. The molecule has 0 heterocycles. The van der Waals surface area contributed by atoms with Crippen molar-refractivity contribution < 1.29 is 14.3 Å². The molecule has 0 aliphatic rings. The predicted molar refractivity (Wildman–Crippen MR) is 61.3 cm³/mol. The van der Waals surface area contributed by atoms with Gasteiger partial charge < -0.3 is 4.74 Å². The lowest BCUT2D eigenvalue weighted by Gasteiger charge is -2.11. The molecule has 0 spiro atoms. The summed E-state index contributed by atoms with van der Waals surface area (Å²) in [5, 5.41) is 0. The predicted octanol–water partition coefficient (Wildman–Crippen LogP) is 2.24. The van der Waals surface area contributed by atoms with Crippen LogP contribution in [0.5, 0.6) is 0 Å². The molecule has 0 saturated carbocycles. The molecule has 0 fully saturated rings. The highest BCUT2D eigenvalue weighted by atomic mass is 16.5. The monoisotopic (exact) mass is 220 g/mol. The molecule has 0 aliphatic heterocycles. The summed E-state index contributed by atoms with van der Waals surface area (Å²) in [5.41, 5.74) is 1.58. The molecule has 0 saturated heterocycles. The maximum Gasteiger partial charge on any atom is 0.308 e.